The molecule has 8 nitrogen and oxygen atoms in total. The van der Waals surface area contributed by atoms with E-state index < -0.39 is 5.82 Å². The molecule has 168 valence electrons. The van der Waals surface area contributed by atoms with Crippen molar-refractivity contribution in [2.75, 3.05) is 23.7 Å². The van der Waals surface area contributed by atoms with E-state index in [1.807, 2.05) is 39.1 Å². The van der Waals surface area contributed by atoms with Crippen molar-refractivity contribution in [3.8, 4) is 11.1 Å². The van der Waals surface area contributed by atoms with Crippen LogP contribution in [-0.4, -0.2) is 43.5 Å². The van der Waals surface area contributed by atoms with Crippen LogP contribution in [0.1, 0.15) is 24.4 Å². The first-order valence-corrected chi connectivity index (χ1v) is 10.8. The predicted molar refractivity (Wildman–Crippen MR) is 125 cm³/mol. The predicted octanol–water partition coefficient (Wildman–Crippen LogP) is 4.06. The highest BCUT2D eigenvalue weighted by Gasteiger charge is 2.39. The fraction of sp³-hybridized carbons (Fsp3) is 0.250. The molecule has 2 N–H and O–H groups in total. The normalized spacial score (nSPS) is 16.2. The largest absolute Gasteiger partial charge is 0.383 e. The zero-order chi connectivity index (χ0) is 23.3. The Bertz CT molecular complexity index is 1380. The summed E-state index contributed by atoms with van der Waals surface area (Å²) in [4.78, 5) is 29.4. The smallest absolute Gasteiger partial charge is 0.325 e. The van der Waals surface area contributed by atoms with Crippen molar-refractivity contribution >= 4 is 28.6 Å². The third kappa shape index (κ3) is 3.36. The van der Waals surface area contributed by atoms with E-state index in [1.54, 1.807) is 32.7 Å². The molecule has 33 heavy (non-hydrogen) atoms. The third-order valence-corrected chi connectivity index (χ3v) is 6.14. The minimum Gasteiger partial charge on any atom is -0.383 e. The van der Waals surface area contributed by atoms with E-state index in [0.717, 1.165) is 11.4 Å². The highest BCUT2D eigenvalue weighted by atomic mass is 19.1. The molecule has 4 aromatic rings. The summed E-state index contributed by atoms with van der Waals surface area (Å²) in [6.45, 7) is 4.79. The lowest BCUT2D eigenvalue weighted by Crippen LogP contribution is -2.32. The van der Waals surface area contributed by atoms with Gasteiger partial charge in [0.15, 0.2) is 0 Å². The van der Waals surface area contributed by atoms with Crippen LogP contribution in [0.2, 0.25) is 0 Å². The van der Waals surface area contributed by atoms with Crippen LogP contribution in [0.15, 0.2) is 48.9 Å². The lowest BCUT2D eigenvalue weighted by molar-refractivity contribution is 0.208. The number of likely N-dealkylation sites (N-methyl/N-ethyl adjacent to an activating group) is 1. The maximum atomic E-state index is 15.4. The summed E-state index contributed by atoms with van der Waals surface area (Å²) in [6, 6.07) is 10.3. The molecule has 1 aliphatic rings. The van der Waals surface area contributed by atoms with Crippen molar-refractivity contribution in [3.05, 3.63) is 66.1 Å². The molecule has 1 fully saturated rings. The lowest BCUT2D eigenvalue weighted by atomic mass is 10.0. The first-order chi connectivity index (χ1) is 15.9. The molecule has 2 amide bonds. The summed E-state index contributed by atoms with van der Waals surface area (Å²) >= 11 is 0. The van der Waals surface area contributed by atoms with Gasteiger partial charge in [-0.2, -0.15) is 0 Å². The second kappa shape index (κ2) is 7.84. The van der Waals surface area contributed by atoms with Gasteiger partial charge in [-0.05, 0) is 44.2 Å². The molecule has 1 atom stereocenters. The van der Waals surface area contributed by atoms with Gasteiger partial charge in [0.05, 0.1) is 23.7 Å². The Hall–Kier alpha value is -4.01. The van der Waals surface area contributed by atoms with E-state index in [9.17, 15) is 4.79 Å². The summed E-state index contributed by atoms with van der Waals surface area (Å²) in [6.07, 6.45) is 3.17. The zero-order valence-electron chi connectivity index (χ0n) is 18.7. The number of halogens is 1. The minimum absolute atomic E-state index is 0.166. The van der Waals surface area contributed by atoms with Crippen LogP contribution in [0.5, 0.6) is 0 Å². The molecule has 1 unspecified atom stereocenters. The summed E-state index contributed by atoms with van der Waals surface area (Å²) in [7, 11) is 1.83. The molecule has 1 aromatic carbocycles. The molecule has 0 saturated carbocycles. The molecule has 1 aliphatic heterocycles. The van der Waals surface area contributed by atoms with E-state index in [4.69, 9.17) is 5.73 Å². The fourth-order valence-corrected chi connectivity index (χ4v) is 4.54. The van der Waals surface area contributed by atoms with Crippen LogP contribution in [0.25, 0.3) is 22.2 Å². The van der Waals surface area contributed by atoms with Gasteiger partial charge in [-0.15, -0.1) is 0 Å². The van der Waals surface area contributed by atoms with Gasteiger partial charge in [-0.25, -0.2) is 19.2 Å². The van der Waals surface area contributed by atoms with Gasteiger partial charge >= 0.3 is 6.03 Å². The maximum Gasteiger partial charge on any atom is 0.325 e. The molecule has 0 aliphatic carbocycles. The van der Waals surface area contributed by atoms with Crippen molar-refractivity contribution < 1.29 is 9.18 Å². The number of rotatable bonds is 4. The molecule has 0 radical (unpaired) electrons. The van der Waals surface area contributed by atoms with E-state index >= 15 is 4.39 Å². The number of carbonyl (C=O) groups is 1. The highest BCUT2D eigenvalue weighted by Crippen LogP contribution is 2.37. The van der Waals surface area contributed by atoms with Gasteiger partial charge in [0, 0.05) is 42.3 Å². The van der Waals surface area contributed by atoms with Crippen molar-refractivity contribution in [3.63, 3.8) is 0 Å². The van der Waals surface area contributed by atoms with E-state index in [0.29, 0.717) is 46.8 Å². The molecule has 0 bridgehead atoms. The number of aryl methyl sites for hydroxylation is 2. The standard InChI is InChI=1S/C24H24FN7O/c1-4-31-20(19-7-5-6-14(2)29-19)12-32(24(31)33)15-8-9-16(18(25)10-15)17-11-30(3)23-21(17)22(26)27-13-28-23/h5-11,13,20H,4,12H2,1-3H3,(H2,26,27,28). The van der Waals surface area contributed by atoms with E-state index in [-0.39, 0.29) is 12.1 Å². The van der Waals surface area contributed by atoms with Crippen molar-refractivity contribution in [1.29, 1.82) is 0 Å². The number of carbonyl (C=O) groups excluding carboxylic acids is 1. The zero-order valence-corrected chi connectivity index (χ0v) is 18.7. The number of pyridine rings is 1. The number of hydrogen-bond donors (Lipinski definition) is 1. The number of amides is 2. The van der Waals surface area contributed by atoms with E-state index in [2.05, 4.69) is 15.0 Å². The maximum absolute atomic E-state index is 15.4. The fourth-order valence-electron chi connectivity index (χ4n) is 4.54. The Morgan fingerprint density at radius 2 is 2.00 bits per heavy atom. The molecule has 3 aromatic heterocycles. The minimum atomic E-state index is -0.448. The Morgan fingerprint density at radius 3 is 2.73 bits per heavy atom. The van der Waals surface area contributed by atoms with Crippen molar-refractivity contribution in [2.24, 2.45) is 7.05 Å². The van der Waals surface area contributed by atoms with Gasteiger partial charge in [0.1, 0.15) is 23.6 Å². The molecule has 9 heteroatoms. The number of aromatic nitrogens is 4. The average Bonchev–Trinajstić information content (AvgIpc) is 3.31. The monoisotopic (exact) mass is 445 g/mol. The summed E-state index contributed by atoms with van der Waals surface area (Å²) in [5, 5.41) is 0.603. The highest BCUT2D eigenvalue weighted by molar-refractivity contribution is 6.01. The van der Waals surface area contributed by atoms with Gasteiger partial charge in [0.2, 0.25) is 0 Å². The second-order valence-corrected chi connectivity index (χ2v) is 8.17. The summed E-state index contributed by atoms with van der Waals surface area (Å²) in [5.74, 6) is -0.155. The number of benzene rings is 1. The number of fused-ring (bicyclic) bond motifs is 1. The summed E-state index contributed by atoms with van der Waals surface area (Å²) < 4.78 is 17.2. The number of anilines is 2. The van der Waals surface area contributed by atoms with Gasteiger partial charge in [-0.1, -0.05) is 6.07 Å². The topological polar surface area (TPSA) is 93.2 Å². The Balaban J connectivity index is 1.52. The lowest BCUT2D eigenvalue weighted by Gasteiger charge is -2.21. The average molecular weight is 446 g/mol. The first kappa shape index (κ1) is 20.9. The Kier molecular flexibility index (Phi) is 4.96. The van der Waals surface area contributed by atoms with E-state index in [1.165, 1.54) is 12.4 Å². The molecular formula is C24H24FN7O. The number of nitrogens with two attached hydrogens (primary N) is 1. The van der Waals surface area contributed by atoms with Crippen LogP contribution in [0.4, 0.5) is 20.7 Å². The number of nitrogens with zero attached hydrogens (tertiary/aromatic N) is 6. The van der Waals surface area contributed by atoms with Gasteiger partial charge < -0.3 is 15.2 Å². The molecular weight excluding hydrogens is 421 g/mol. The van der Waals surface area contributed by atoms with Crippen molar-refractivity contribution in [2.45, 2.75) is 19.9 Å². The summed E-state index contributed by atoms with van der Waals surface area (Å²) in [5.41, 5.74) is 9.90. The number of urea groups is 1. The number of hydrogen-bond acceptors (Lipinski definition) is 5. The van der Waals surface area contributed by atoms with Gasteiger partial charge in [0.25, 0.3) is 0 Å². The van der Waals surface area contributed by atoms with Crippen LogP contribution in [0.3, 0.4) is 0 Å². The molecule has 1 saturated heterocycles. The number of nitrogen functional groups attached to an aromatic ring is 1. The molecule has 0 spiro atoms. The second-order valence-electron chi connectivity index (χ2n) is 8.17. The van der Waals surface area contributed by atoms with Crippen LogP contribution < -0.4 is 10.6 Å². The third-order valence-electron chi connectivity index (χ3n) is 6.14. The SMILES string of the molecule is CCN1C(=O)N(c2ccc(-c3cn(C)c4ncnc(N)c34)c(F)c2)CC1c1cccc(C)n1. The Labute approximate surface area is 190 Å². The molecule has 4 heterocycles. The van der Waals surface area contributed by atoms with Crippen molar-refractivity contribution in [1.82, 2.24) is 24.4 Å². The van der Waals surface area contributed by atoms with Crippen LogP contribution >= 0.6 is 0 Å². The quantitative estimate of drug-likeness (QED) is 0.511. The Morgan fingerprint density at radius 1 is 1.18 bits per heavy atom. The molecule has 5 rings (SSSR count). The van der Waals surface area contributed by atoms with Crippen LogP contribution in [0, 0.1) is 12.7 Å². The van der Waals surface area contributed by atoms with Crippen LogP contribution in [-0.2, 0) is 7.05 Å². The van der Waals surface area contributed by atoms with Gasteiger partial charge in [-0.3, -0.25) is 9.88 Å². The first-order valence-electron chi connectivity index (χ1n) is 10.8.